The van der Waals surface area contributed by atoms with Gasteiger partial charge >= 0.3 is 6.18 Å². The van der Waals surface area contributed by atoms with E-state index in [9.17, 15) is 36.8 Å². The first-order valence-corrected chi connectivity index (χ1v) is 13.2. The van der Waals surface area contributed by atoms with Gasteiger partial charge in [0.05, 0.1) is 5.25 Å². The molecule has 2 heterocycles. The zero-order chi connectivity index (χ0) is 27.9. The number of amides is 2. The molecule has 1 aromatic carbocycles. The van der Waals surface area contributed by atoms with Gasteiger partial charge < -0.3 is 20.4 Å². The molecule has 2 N–H and O–H groups in total. The van der Waals surface area contributed by atoms with Gasteiger partial charge in [-0.25, -0.2) is 8.78 Å². The van der Waals surface area contributed by atoms with Crippen LogP contribution in [0.1, 0.15) is 31.7 Å². The molecule has 2 amide bonds. The molecule has 2 saturated heterocycles. The summed E-state index contributed by atoms with van der Waals surface area (Å²) < 4.78 is 64.1. The lowest BCUT2D eigenvalue weighted by Crippen LogP contribution is -2.40. The number of hydrogen-bond donors (Lipinski definition) is 2. The maximum absolute atomic E-state index is 13.3. The summed E-state index contributed by atoms with van der Waals surface area (Å²) in [5.41, 5.74) is 1.36. The zero-order valence-electron chi connectivity index (χ0n) is 20.9. The second-order valence-corrected chi connectivity index (χ2v) is 10.3. The molecule has 7 nitrogen and oxygen atoms in total. The first kappa shape index (κ1) is 29.7. The number of hydrogen-bond acceptors (Lipinski definition) is 6. The number of carbonyl (C=O) groups is 2. The van der Waals surface area contributed by atoms with Crippen molar-refractivity contribution < 1.29 is 31.5 Å². The number of nitriles is 1. The second-order valence-electron chi connectivity index (χ2n) is 9.14. The monoisotopic (exact) mass is 559 g/mol. The number of thioether (sulfide) groups is 1. The fraction of sp³-hybridized carbons (Fsp3) is 0.560. The number of halogens is 5. The molecule has 38 heavy (non-hydrogen) atoms. The second kappa shape index (κ2) is 12.8. The highest BCUT2D eigenvalue weighted by atomic mass is 32.2. The zero-order valence-corrected chi connectivity index (χ0v) is 21.7. The first-order valence-electron chi connectivity index (χ1n) is 12.3. The van der Waals surface area contributed by atoms with E-state index >= 15 is 0 Å². The van der Waals surface area contributed by atoms with Crippen LogP contribution >= 0.6 is 11.8 Å². The van der Waals surface area contributed by atoms with Gasteiger partial charge in [-0.05, 0) is 37.5 Å². The molecule has 1 unspecified atom stereocenters. The summed E-state index contributed by atoms with van der Waals surface area (Å²) >= 11 is 1.00. The van der Waals surface area contributed by atoms with Crippen LogP contribution in [0.4, 0.5) is 27.6 Å². The molecule has 2 fully saturated rings. The fourth-order valence-electron chi connectivity index (χ4n) is 4.24. The van der Waals surface area contributed by atoms with Crippen molar-refractivity contribution in [1.29, 1.82) is 5.26 Å². The third-order valence-corrected chi connectivity index (χ3v) is 7.70. The number of alkyl halides is 5. The highest BCUT2D eigenvalue weighted by molar-refractivity contribution is 8.04. The highest BCUT2D eigenvalue weighted by Gasteiger charge is 2.39. The van der Waals surface area contributed by atoms with Crippen LogP contribution in [0, 0.1) is 11.3 Å². The van der Waals surface area contributed by atoms with Gasteiger partial charge in [0, 0.05) is 51.3 Å². The lowest BCUT2D eigenvalue weighted by atomic mass is 10.1. The molecule has 2 aliphatic heterocycles. The van der Waals surface area contributed by atoms with E-state index in [1.54, 1.807) is 18.3 Å². The van der Waals surface area contributed by atoms with E-state index in [0.29, 0.717) is 39.0 Å². The van der Waals surface area contributed by atoms with Gasteiger partial charge in [-0.15, -0.1) is 0 Å². The summed E-state index contributed by atoms with van der Waals surface area (Å²) in [6.45, 7) is 2.09. The van der Waals surface area contributed by atoms with Crippen LogP contribution < -0.4 is 10.6 Å². The van der Waals surface area contributed by atoms with E-state index in [1.807, 2.05) is 29.2 Å². The maximum Gasteiger partial charge on any atom is 0.405 e. The number of carbonyl (C=O) groups excluding carboxylic acids is 2. The number of rotatable bonds is 10. The van der Waals surface area contributed by atoms with Gasteiger partial charge in [0.25, 0.3) is 11.8 Å². The van der Waals surface area contributed by atoms with Gasteiger partial charge in [0.15, 0.2) is 0 Å². The summed E-state index contributed by atoms with van der Waals surface area (Å²) in [5, 5.41) is 13.8. The molecule has 1 atom stereocenters. The van der Waals surface area contributed by atoms with Crippen LogP contribution in [0.25, 0.3) is 0 Å². The molecule has 2 aliphatic rings. The number of nitrogens with one attached hydrogen (secondary N) is 2. The summed E-state index contributed by atoms with van der Waals surface area (Å²) in [7, 11) is 0. The SMILES string of the molecule is CCN1C(=O)C(CCNc2cccc(CCN3CCC(F)(F)CC3)c2)S/C1=C(/C#N)C(=O)NCC(F)(F)F. The van der Waals surface area contributed by atoms with Crippen molar-refractivity contribution in [3.05, 3.63) is 40.4 Å². The first-order chi connectivity index (χ1) is 17.9. The molecule has 0 spiro atoms. The van der Waals surface area contributed by atoms with Crippen molar-refractivity contribution >= 4 is 29.3 Å². The number of likely N-dealkylation sites (tertiary alicyclic amines) is 1. The van der Waals surface area contributed by atoms with Crippen LogP contribution in [0.15, 0.2) is 34.9 Å². The van der Waals surface area contributed by atoms with Gasteiger partial charge in [-0.2, -0.15) is 18.4 Å². The van der Waals surface area contributed by atoms with Crippen LogP contribution in [0.5, 0.6) is 0 Å². The van der Waals surface area contributed by atoms with Crippen molar-refractivity contribution in [1.82, 2.24) is 15.1 Å². The summed E-state index contributed by atoms with van der Waals surface area (Å²) in [4.78, 5) is 28.3. The Kier molecular flexibility index (Phi) is 10.0. The van der Waals surface area contributed by atoms with Crippen molar-refractivity contribution in [2.24, 2.45) is 0 Å². The van der Waals surface area contributed by atoms with Gasteiger partial charge in [-0.3, -0.25) is 9.59 Å². The number of benzene rings is 1. The van der Waals surface area contributed by atoms with E-state index in [1.165, 1.54) is 4.90 Å². The van der Waals surface area contributed by atoms with Crippen LogP contribution in [-0.4, -0.2) is 78.2 Å². The average Bonchev–Trinajstić information content (AvgIpc) is 3.17. The third-order valence-electron chi connectivity index (χ3n) is 6.33. The molecule has 208 valence electrons. The lowest BCUT2D eigenvalue weighted by Gasteiger charge is -2.31. The fourth-order valence-corrected chi connectivity index (χ4v) is 5.57. The Morgan fingerprint density at radius 2 is 1.97 bits per heavy atom. The molecular formula is C25H30F5N5O2S. The predicted molar refractivity (Wildman–Crippen MR) is 134 cm³/mol. The van der Waals surface area contributed by atoms with Crippen molar-refractivity contribution in [3.63, 3.8) is 0 Å². The van der Waals surface area contributed by atoms with Gasteiger partial charge in [-0.1, -0.05) is 23.9 Å². The van der Waals surface area contributed by atoms with Gasteiger partial charge in [0.1, 0.15) is 23.2 Å². The largest absolute Gasteiger partial charge is 0.405 e. The molecule has 0 aliphatic carbocycles. The predicted octanol–water partition coefficient (Wildman–Crippen LogP) is 4.14. The Bertz CT molecular complexity index is 1080. The molecule has 1 aromatic rings. The number of anilines is 1. The van der Waals surface area contributed by atoms with E-state index < -0.39 is 35.4 Å². The summed E-state index contributed by atoms with van der Waals surface area (Å²) in [5.74, 6) is -4.06. The Morgan fingerprint density at radius 3 is 2.61 bits per heavy atom. The summed E-state index contributed by atoms with van der Waals surface area (Å²) in [6, 6.07) is 9.32. The molecule has 0 saturated carbocycles. The number of piperidine rings is 1. The Morgan fingerprint density at radius 1 is 1.26 bits per heavy atom. The van der Waals surface area contributed by atoms with E-state index in [4.69, 9.17) is 0 Å². The van der Waals surface area contributed by atoms with Crippen LogP contribution in [-0.2, 0) is 16.0 Å². The van der Waals surface area contributed by atoms with Crippen LogP contribution in [0.2, 0.25) is 0 Å². The third kappa shape index (κ3) is 8.33. The topological polar surface area (TPSA) is 88.5 Å². The molecule has 0 aromatic heterocycles. The molecule has 0 radical (unpaired) electrons. The van der Waals surface area contributed by atoms with Crippen molar-refractivity contribution in [2.45, 2.75) is 50.0 Å². The highest BCUT2D eigenvalue weighted by Crippen LogP contribution is 2.38. The van der Waals surface area contributed by atoms with E-state index in [0.717, 1.165) is 23.0 Å². The minimum absolute atomic E-state index is 0.0575. The Balaban J connectivity index is 1.54. The molecule has 0 bridgehead atoms. The Hall–Kier alpha value is -2.85. The van der Waals surface area contributed by atoms with E-state index in [2.05, 4.69) is 5.32 Å². The number of nitrogens with zero attached hydrogens (tertiary/aromatic N) is 3. The van der Waals surface area contributed by atoms with E-state index in [-0.39, 0.29) is 30.3 Å². The molecule has 13 heteroatoms. The van der Waals surface area contributed by atoms with Crippen LogP contribution in [0.3, 0.4) is 0 Å². The normalized spacial score (nSPS) is 21.2. The average molecular weight is 560 g/mol. The van der Waals surface area contributed by atoms with Gasteiger partial charge in [0.2, 0.25) is 5.91 Å². The maximum atomic E-state index is 13.3. The quantitative estimate of drug-likeness (QED) is 0.255. The summed E-state index contributed by atoms with van der Waals surface area (Å²) in [6.07, 6.45) is -3.79. The lowest BCUT2D eigenvalue weighted by molar-refractivity contribution is -0.136. The Labute approximate surface area is 222 Å². The smallest absolute Gasteiger partial charge is 0.385 e. The standard InChI is InChI=1S/C25H30F5N5O2S/c1-2-35-22(37)20(38-23(35)19(15-31)21(36)33-16-25(28,29)30)6-10-32-18-5-3-4-17(14-18)7-11-34-12-8-24(26,27)9-13-34/h3-5,14,20,32H,2,6-13,16H2,1H3,(H,33,36)/b23-19-. The minimum atomic E-state index is -4.62. The molecule has 3 rings (SSSR count). The molecular weight excluding hydrogens is 529 g/mol. The minimum Gasteiger partial charge on any atom is -0.385 e. The van der Waals surface area contributed by atoms with Crippen molar-refractivity contribution in [2.75, 3.05) is 44.6 Å². The van der Waals surface area contributed by atoms with Crippen molar-refractivity contribution in [3.8, 4) is 6.07 Å².